The van der Waals surface area contributed by atoms with E-state index in [-0.39, 0.29) is 12.5 Å². The van der Waals surface area contributed by atoms with Crippen molar-refractivity contribution in [2.24, 2.45) is 0 Å². The number of aliphatic hydroxyl groups excluding tert-OH is 1. The zero-order chi connectivity index (χ0) is 15.2. The Morgan fingerprint density at radius 3 is 2.43 bits per heavy atom. The smallest absolute Gasteiger partial charge is 0.248 e. The topological polar surface area (TPSA) is 53.0 Å². The molecule has 0 aliphatic carbocycles. The van der Waals surface area contributed by atoms with Crippen molar-refractivity contribution in [1.82, 2.24) is 9.80 Å². The predicted molar refractivity (Wildman–Crippen MR) is 81.0 cm³/mol. The summed E-state index contributed by atoms with van der Waals surface area (Å²) in [6, 6.07) is 7.97. The molecule has 0 bridgehead atoms. The van der Waals surface area contributed by atoms with Gasteiger partial charge in [0.15, 0.2) is 0 Å². The highest BCUT2D eigenvalue weighted by molar-refractivity contribution is 5.77. The molecule has 2 rings (SSSR count). The zero-order valence-corrected chi connectivity index (χ0v) is 12.8. The van der Waals surface area contributed by atoms with E-state index in [0.717, 1.165) is 18.7 Å². The molecule has 1 amide bonds. The first-order chi connectivity index (χ1) is 10.1. The van der Waals surface area contributed by atoms with Gasteiger partial charge in [-0.1, -0.05) is 29.8 Å². The Balaban J connectivity index is 1.80. The standard InChI is InChI=1S/C16H24N2O3/c1-13-3-5-14(6-4-13)15(19)11-17-7-9-18(10-8-17)16(20)12-21-2/h3-6,15,19H,7-12H2,1-2H3. The fourth-order valence-electron chi connectivity index (χ4n) is 2.53. The number of piperazine rings is 1. The lowest BCUT2D eigenvalue weighted by Gasteiger charge is -2.35. The Morgan fingerprint density at radius 2 is 1.86 bits per heavy atom. The number of hydrogen-bond acceptors (Lipinski definition) is 4. The molecular formula is C16H24N2O3. The number of β-amino-alcohol motifs (C(OH)–C–C–N with tert-alkyl or cyclic N) is 1. The molecule has 0 aromatic heterocycles. The Morgan fingerprint density at radius 1 is 1.24 bits per heavy atom. The van der Waals surface area contributed by atoms with E-state index in [4.69, 9.17) is 4.74 Å². The first-order valence-electron chi connectivity index (χ1n) is 7.34. The minimum absolute atomic E-state index is 0.0382. The van der Waals surface area contributed by atoms with E-state index in [2.05, 4.69) is 4.90 Å². The summed E-state index contributed by atoms with van der Waals surface area (Å²) in [4.78, 5) is 15.7. The van der Waals surface area contributed by atoms with Crippen LogP contribution in [0, 0.1) is 6.92 Å². The third-order valence-electron chi connectivity index (χ3n) is 3.89. The number of ether oxygens (including phenoxy) is 1. The molecule has 0 spiro atoms. The average molecular weight is 292 g/mol. The molecule has 1 atom stereocenters. The monoisotopic (exact) mass is 292 g/mol. The van der Waals surface area contributed by atoms with Gasteiger partial charge in [0.2, 0.25) is 5.91 Å². The average Bonchev–Trinajstić information content (AvgIpc) is 2.49. The van der Waals surface area contributed by atoms with E-state index in [1.807, 2.05) is 36.1 Å². The maximum Gasteiger partial charge on any atom is 0.248 e. The molecule has 5 heteroatoms. The predicted octanol–water partition coefficient (Wildman–Crippen LogP) is 0.819. The van der Waals surface area contributed by atoms with Crippen LogP contribution < -0.4 is 0 Å². The Bertz CT molecular complexity index is 453. The van der Waals surface area contributed by atoms with Gasteiger partial charge in [-0.2, -0.15) is 0 Å². The Labute approximate surface area is 126 Å². The van der Waals surface area contributed by atoms with Gasteiger partial charge in [-0.05, 0) is 12.5 Å². The van der Waals surface area contributed by atoms with Gasteiger partial charge >= 0.3 is 0 Å². The van der Waals surface area contributed by atoms with Crippen molar-refractivity contribution < 1.29 is 14.6 Å². The summed E-state index contributed by atoms with van der Waals surface area (Å²) >= 11 is 0. The van der Waals surface area contributed by atoms with Crippen LogP contribution in [-0.4, -0.2) is 67.3 Å². The van der Waals surface area contributed by atoms with Crippen molar-refractivity contribution in [3.63, 3.8) is 0 Å². The molecule has 1 aliphatic heterocycles. The largest absolute Gasteiger partial charge is 0.387 e. The molecule has 1 aromatic rings. The van der Waals surface area contributed by atoms with Crippen LogP contribution in [0.15, 0.2) is 24.3 Å². The number of aliphatic hydroxyl groups is 1. The SMILES string of the molecule is COCC(=O)N1CCN(CC(O)c2ccc(C)cc2)CC1. The van der Waals surface area contributed by atoms with Crippen LogP contribution >= 0.6 is 0 Å². The third-order valence-corrected chi connectivity index (χ3v) is 3.89. The van der Waals surface area contributed by atoms with Gasteiger partial charge < -0.3 is 14.7 Å². The van der Waals surface area contributed by atoms with E-state index < -0.39 is 6.10 Å². The molecule has 5 nitrogen and oxygen atoms in total. The molecule has 1 heterocycles. The number of amides is 1. The van der Waals surface area contributed by atoms with Crippen LogP contribution in [0.25, 0.3) is 0 Å². The third kappa shape index (κ3) is 4.52. The molecular weight excluding hydrogens is 268 g/mol. The van der Waals surface area contributed by atoms with Gasteiger partial charge in [0.05, 0.1) is 6.10 Å². The van der Waals surface area contributed by atoms with Crippen molar-refractivity contribution in [2.75, 3.05) is 46.4 Å². The lowest BCUT2D eigenvalue weighted by molar-refractivity contribution is -0.137. The fourth-order valence-corrected chi connectivity index (χ4v) is 2.53. The highest BCUT2D eigenvalue weighted by Gasteiger charge is 2.22. The number of rotatable bonds is 5. The van der Waals surface area contributed by atoms with Gasteiger partial charge in [0.25, 0.3) is 0 Å². The Hall–Kier alpha value is -1.43. The van der Waals surface area contributed by atoms with Crippen LogP contribution in [0.3, 0.4) is 0 Å². The second kappa shape index (κ2) is 7.54. The molecule has 116 valence electrons. The minimum atomic E-state index is -0.480. The van der Waals surface area contributed by atoms with Crippen LogP contribution in [0.2, 0.25) is 0 Å². The number of carbonyl (C=O) groups excluding carboxylic acids is 1. The highest BCUT2D eigenvalue weighted by atomic mass is 16.5. The Kier molecular flexibility index (Phi) is 5.73. The van der Waals surface area contributed by atoms with E-state index in [1.54, 1.807) is 0 Å². The molecule has 1 fully saturated rings. The van der Waals surface area contributed by atoms with Gasteiger partial charge in [0.1, 0.15) is 6.61 Å². The summed E-state index contributed by atoms with van der Waals surface area (Å²) in [6.07, 6.45) is -0.480. The van der Waals surface area contributed by atoms with E-state index in [0.29, 0.717) is 19.6 Å². The number of hydrogen-bond donors (Lipinski definition) is 1. The summed E-state index contributed by atoms with van der Waals surface area (Å²) in [5, 5.41) is 10.3. The maximum atomic E-state index is 11.7. The number of benzene rings is 1. The lowest BCUT2D eigenvalue weighted by Crippen LogP contribution is -2.50. The van der Waals surface area contributed by atoms with Crippen molar-refractivity contribution in [3.05, 3.63) is 35.4 Å². The summed E-state index contributed by atoms with van der Waals surface area (Å²) < 4.78 is 4.87. The van der Waals surface area contributed by atoms with Gasteiger partial charge in [-0.3, -0.25) is 9.69 Å². The zero-order valence-electron chi connectivity index (χ0n) is 12.8. The molecule has 1 aromatic carbocycles. The number of nitrogens with zero attached hydrogens (tertiary/aromatic N) is 2. The highest BCUT2D eigenvalue weighted by Crippen LogP contribution is 2.16. The van der Waals surface area contributed by atoms with Gasteiger partial charge in [0, 0.05) is 39.8 Å². The summed E-state index contributed by atoms with van der Waals surface area (Å²) in [6.45, 7) is 5.76. The number of aryl methyl sites for hydroxylation is 1. The van der Waals surface area contributed by atoms with Gasteiger partial charge in [-0.15, -0.1) is 0 Å². The van der Waals surface area contributed by atoms with Crippen LogP contribution in [-0.2, 0) is 9.53 Å². The van der Waals surface area contributed by atoms with Crippen molar-refractivity contribution >= 4 is 5.91 Å². The van der Waals surface area contributed by atoms with E-state index in [9.17, 15) is 9.90 Å². The second-order valence-electron chi connectivity index (χ2n) is 5.54. The molecule has 1 N–H and O–H groups in total. The first kappa shape index (κ1) is 15.9. The second-order valence-corrected chi connectivity index (χ2v) is 5.54. The van der Waals surface area contributed by atoms with Crippen molar-refractivity contribution in [2.45, 2.75) is 13.0 Å². The van der Waals surface area contributed by atoms with E-state index in [1.165, 1.54) is 12.7 Å². The normalized spacial score (nSPS) is 17.8. The molecule has 21 heavy (non-hydrogen) atoms. The van der Waals surface area contributed by atoms with Crippen LogP contribution in [0.1, 0.15) is 17.2 Å². The lowest BCUT2D eigenvalue weighted by atomic mass is 10.1. The van der Waals surface area contributed by atoms with E-state index >= 15 is 0 Å². The summed E-state index contributed by atoms with van der Waals surface area (Å²) in [5.41, 5.74) is 2.13. The summed E-state index contributed by atoms with van der Waals surface area (Å²) in [5.74, 6) is 0.0382. The van der Waals surface area contributed by atoms with Crippen LogP contribution in [0.5, 0.6) is 0 Å². The quantitative estimate of drug-likeness (QED) is 0.873. The molecule has 0 saturated carbocycles. The molecule has 1 aliphatic rings. The molecule has 1 saturated heterocycles. The maximum absolute atomic E-state index is 11.7. The minimum Gasteiger partial charge on any atom is -0.387 e. The molecule has 0 radical (unpaired) electrons. The number of methoxy groups -OCH3 is 1. The molecule has 1 unspecified atom stereocenters. The van der Waals surface area contributed by atoms with Crippen LogP contribution in [0.4, 0.5) is 0 Å². The van der Waals surface area contributed by atoms with Crippen molar-refractivity contribution in [1.29, 1.82) is 0 Å². The van der Waals surface area contributed by atoms with Crippen molar-refractivity contribution in [3.8, 4) is 0 Å². The number of carbonyl (C=O) groups is 1. The van der Waals surface area contributed by atoms with Gasteiger partial charge in [-0.25, -0.2) is 0 Å². The first-order valence-corrected chi connectivity index (χ1v) is 7.34. The summed E-state index contributed by atoms with van der Waals surface area (Å²) in [7, 11) is 1.53. The fraction of sp³-hybridized carbons (Fsp3) is 0.562.